The molecule has 0 bridgehead atoms. The molecule has 0 spiro atoms. The maximum atomic E-state index is 12.5. The number of carbonyl (C=O) groups is 2. The summed E-state index contributed by atoms with van der Waals surface area (Å²) in [5.74, 6) is 0.244. The molecular formula is C26H36N4O2. The van der Waals surface area contributed by atoms with Gasteiger partial charge in [-0.1, -0.05) is 64.1 Å². The molecule has 0 heterocycles. The molecule has 0 atom stereocenters. The second-order valence-electron chi connectivity index (χ2n) is 7.67. The zero-order chi connectivity index (χ0) is 23.5. The number of hydrogen-bond acceptors (Lipinski definition) is 3. The minimum Gasteiger partial charge on any atom is -0.365 e. The number of amides is 2. The summed E-state index contributed by atoms with van der Waals surface area (Å²) in [6.07, 6.45) is 3.41. The van der Waals surface area contributed by atoms with Crippen LogP contribution < -0.4 is 16.0 Å². The summed E-state index contributed by atoms with van der Waals surface area (Å²) in [6, 6.07) is 12.2. The first-order valence-corrected chi connectivity index (χ1v) is 11.5. The van der Waals surface area contributed by atoms with Crippen LogP contribution in [0.25, 0.3) is 0 Å². The summed E-state index contributed by atoms with van der Waals surface area (Å²) in [4.78, 5) is 29.2. The van der Waals surface area contributed by atoms with E-state index in [1.807, 2.05) is 36.4 Å². The molecule has 0 aliphatic heterocycles. The van der Waals surface area contributed by atoms with E-state index in [0.29, 0.717) is 5.84 Å². The number of amidine groups is 1. The molecule has 2 aromatic rings. The van der Waals surface area contributed by atoms with Crippen LogP contribution in [0.4, 0.5) is 11.4 Å². The van der Waals surface area contributed by atoms with E-state index in [1.54, 1.807) is 6.92 Å². The van der Waals surface area contributed by atoms with Gasteiger partial charge in [0.25, 0.3) is 0 Å². The average Bonchev–Trinajstić information content (AvgIpc) is 2.81. The molecule has 2 aromatic carbocycles. The highest BCUT2D eigenvalue weighted by Gasteiger charge is 2.11. The number of nitrogens with one attached hydrogen (secondary N) is 3. The van der Waals surface area contributed by atoms with Gasteiger partial charge < -0.3 is 16.0 Å². The summed E-state index contributed by atoms with van der Waals surface area (Å²) in [5, 5.41) is 9.03. The van der Waals surface area contributed by atoms with E-state index in [4.69, 9.17) is 0 Å². The molecule has 2 rings (SSSR count). The quantitative estimate of drug-likeness (QED) is 0.378. The van der Waals surface area contributed by atoms with E-state index in [-0.39, 0.29) is 24.9 Å². The summed E-state index contributed by atoms with van der Waals surface area (Å²) >= 11 is 0. The lowest BCUT2D eigenvalue weighted by Crippen LogP contribution is -2.32. The van der Waals surface area contributed by atoms with Crippen molar-refractivity contribution < 1.29 is 9.59 Å². The molecule has 2 amide bonds. The Balaban J connectivity index is 1.92. The van der Waals surface area contributed by atoms with Crippen molar-refractivity contribution in [3.63, 3.8) is 0 Å². The first kappa shape index (κ1) is 25.1. The monoisotopic (exact) mass is 436 g/mol. The van der Waals surface area contributed by atoms with E-state index >= 15 is 0 Å². The fourth-order valence-corrected chi connectivity index (χ4v) is 3.62. The Hall–Kier alpha value is -3.15. The molecule has 3 N–H and O–H groups in total. The minimum atomic E-state index is -0.171. The number of rotatable bonds is 10. The van der Waals surface area contributed by atoms with Crippen molar-refractivity contribution in [1.29, 1.82) is 0 Å². The Morgan fingerprint density at radius 3 is 1.53 bits per heavy atom. The molecular weight excluding hydrogens is 400 g/mol. The van der Waals surface area contributed by atoms with Gasteiger partial charge in [-0.15, -0.1) is 0 Å². The molecule has 0 radical (unpaired) electrons. The van der Waals surface area contributed by atoms with Crippen LogP contribution in [0.3, 0.4) is 0 Å². The fraction of sp³-hybridized carbons (Fsp3) is 0.423. The average molecular weight is 437 g/mol. The summed E-state index contributed by atoms with van der Waals surface area (Å²) < 4.78 is 0. The maximum absolute atomic E-state index is 12.5. The Morgan fingerprint density at radius 1 is 0.719 bits per heavy atom. The van der Waals surface area contributed by atoms with Crippen LogP contribution in [0.1, 0.15) is 56.9 Å². The smallest absolute Gasteiger partial charge is 0.246 e. The standard InChI is InChI=1S/C26H36N4O2/c1-6-19-12-10-13-20(7-2)25(19)29-23(31)16-27-18(5)28-17-24(32)30-26-21(8-3)14-11-15-22(26)9-4/h10-15H,6-9,16-17H2,1-5H3,(H,27,28)(H,29,31)(H,30,32). The van der Waals surface area contributed by atoms with Gasteiger partial charge in [-0.3, -0.25) is 14.6 Å². The van der Waals surface area contributed by atoms with Crippen LogP contribution in [0.2, 0.25) is 0 Å². The van der Waals surface area contributed by atoms with Gasteiger partial charge in [0, 0.05) is 11.4 Å². The van der Waals surface area contributed by atoms with Crippen molar-refractivity contribution >= 4 is 29.0 Å². The highest BCUT2D eigenvalue weighted by atomic mass is 16.2. The third kappa shape index (κ3) is 6.94. The van der Waals surface area contributed by atoms with Crippen molar-refractivity contribution in [1.82, 2.24) is 5.32 Å². The van der Waals surface area contributed by atoms with Gasteiger partial charge >= 0.3 is 0 Å². The maximum Gasteiger partial charge on any atom is 0.246 e. The Bertz CT molecular complexity index is 922. The molecule has 0 saturated carbocycles. The van der Waals surface area contributed by atoms with Crippen molar-refractivity contribution in [2.45, 2.75) is 60.3 Å². The number of hydrogen-bond donors (Lipinski definition) is 3. The number of anilines is 2. The number of benzene rings is 2. The van der Waals surface area contributed by atoms with Crippen LogP contribution in [0, 0.1) is 0 Å². The van der Waals surface area contributed by atoms with Gasteiger partial charge in [0.15, 0.2) is 0 Å². The predicted octanol–water partition coefficient (Wildman–Crippen LogP) is 4.52. The molecule has 172 valence electrons. The van der Waals surface area contributed by atoms with Gasteiger partial charge in [0.2, 0.25) is 11.8 Å². The Morgan fingerprint density at radius 2 is 1.12 bits per heavy atom. The van der Waals surface area contributed by atoms with Crippen molar-refractivity contribution in [2.24, 2.45) is 4.99 Å². The Kier molecular flexibility index (Phi) is 9.92. The van der Waals surface area contributed by atoms with Gasteiger partial charge in [-0.25, -0.2) is 0 Å². The second-order valence-corrected chi connectivity index (χ2v) is 7.67. The lowest BCUT2D eigenvalue weighted by molar-refractivity contribution is -0.115. The van der Waals surface area contributed by atoms with Crippen molar-refractivity contribution in [3.8, 4) is 0 Å². The number of aliphatic imine (C=N–C) groups is 1. The molecule has 0 aliphatic carbocycles. The molecule has 6 heteroatoms. The first-order chi connectivity index (χ1) is 15.4. The van der Waals surface area contributed by atoms with Crippen molar-refractivity contribution in [3.05, 3.63) is 58.7 Å². The number of nitrogens with zero attached hydrogens (tertiary/aromatic N) is 1. The van der Waals surface area contributed by atoms with E-state index in [1.165, 1.54) is 0 Å². The van der Waals surface area contributed by atoms with Crippen LogP contribution in [-0.2, 0) is 35.3 Å². The number of para-hydroxylation sites is 2. The number of carbonyl (C=O) groups excluding carboxylic acids is 2. The molecule has 0 aromatic heterocycles. The highest BCUT2D eigenvalue weighted by Crippen LogP contribution is 2.23. The van der Waals surface area contributed by atoms with E-state index < -0.39 is 0 Å². The van der Waals surface area contributed by atoms with E-state index in [9.17, 15) is 9.59 Å². The summed E-state index contributed by atoms with van der Waals surface area (Å²) in [6.45, 7) is 10.2. The van der Waals surface area contributed by atoms with Gasteiger partial charge in [-0.05, 0) is 54.9 Å². The highest BCUT2D eigenvalue weighted by molar-refractivity contribution is 5.97. The SMILES string of the molecule is CCc1cccc(CC)c1NC(=O)CN=C(C)NCC(=O)Nc1c(CC)cccc1CC. The topological polar surface area (TPSA) is 82.6 Å². The second kappa shape index (κ2) is 12.6. The molecule has 0 aliphatic rings. The van der Waals surface area contributed by atoms with Crippen LogP contribution >= 0.6 is 0 Å². The Labute approximate surface area is 191 Å². The van der Waals surface area contributed by atoms with Gasteiger partial charge in [0.05, 0.1) is 12.4 Å². The third-order valence-electron chi connectivity index (χ3n) is 5.49. The largest absolute Gasteiger partial charge is 0.365 e. The minimum absolute atomic E-state index is 0.000304. The third-order valence-corrected chi connectivity index (χ3v) is 5.49. The van der Waals surface area contributed by atoms with Crippen LogP contribution in [0.5, 0.6) is 0 Å². The number of aryl methyl sites for hydroxylation is 4. The predicted molar refractivity (Wildman–Crippen MR) is 134 cm³/mol. The summed E-state index contributed by atoms with van der Waals surface area (Å²) in [5.41, 5.74) is 6.28. The lowest BCUT2D eigenvalue weighted by Gasteiger charge is -2.15. The van der Waals surface area contributed by atoms with Gasteiger partial charge in [-0.2, -0.15) is 0 Å². The normalized spacial score (nSPS) is 11.2. The summed E-state index contributed by atoms with van der Waals surface area (Å²) in [7, 11) is 0. The molecule has 0 fully saturated rings. The van der Waals surface area contributed by atoms with Crippen molar-refractivity contribution in [2.75, 3.05) is 23.7 Å². The first-order valence-electron chi connectivity index (χ1n) is 11.5. The molecule has 0 saturated heterocycles. The molecule has 6 nitrogen and oxygen atoms in total. The zero-order valence-corrected chi connectivity index (χ0v) is 20.0. The molecule has 0 unspecified atom stereocenters. The van der Waals surface area contributed by atoms with Crippen LogP contribution in [0.15, 0.2) is 41.4 Å². The van der Waals surface area contributed by atoms with Crippen LogP contribution in [-0.4, -0.2) is 30.7 Å². The van der Waals surface area contributed by atoms with Gasteiger partial charge in [0.1, 0.15) is 6.54 Å². The lowest BCUT2D eigenvalue weighted by atomic mass is 10.0. The fourth-order valence-electron chi connectivity index (χ4n) is 3.62. The van der Waals surface area contributed by atoms with E-state index in [0.717, 1.165) is 59.3 Å². The molecule has 32 heavy (non-hydrogen) atoms. The zero-order valence-electron chi connectivity index (χ0n) is 20.0. The van der Waals surface area contributed by atoms with E-state index in [2.05, 4.69) is 48.6 Å².